The highest BCUT2D eigenvalue weighted by Crippen LogP contribution is 1.80. The number of amides is 1. The molecular formula is C8H16N4O2. The molecule has 0 aliphatic rings. The highest BCUT2D eigenvalue weighted by Gasteiger charge is 1.93. The average Bonchev–Trinajstić information content (AvgIpc) is 2.21. The van der Waals surface area contributed by atoms with Gasteiger partial charge in [-0.1, -0.05) is 0 Å². The number of nitrogens with one attached hydrogen (secondary N) is 2. The third-order valence-corrected chi connectivity index (χ3v) is 1.35. The van der Waals surface area contributed by atoms with Crippen LogP contribution in [0.2, 0.25) is 0 Å². The number of aliphatic hydroxyl groups excluding tert-OH is 1. The SMILES string of the molecule is CNC(=O)C=NC=NC(C)NCCO. The van der Waals surface area contributed by atoms with Gasteiger partial charge in [-0.3, -0.25) is 15.1 Å². The van der Waals surface area contributed by atoms with Crippen molar-refractivity contribution in [1.82, 2.24) is 10.6 Å². The summed E-state index contributed by atoms with van der Waals surface area (Å²) in [5.74, 6) is -0.271. The lowest BCUT2D eigenvalue weighted by Crippen LogP contribution is -2.27. The van der Waals surface area contributed by atoms with Gasteiger partial charge in [0.15, 0.2) is 0 Å². The van der Waals surface area contributed by atoms with E-state index in [9.17, 15) is 4.79 Å². The molecule has 0 heterocycles. The Balaban J connectivity index is 3.70. The summed E-state index contributed by atoms with van der Waals surface area (Å²) in [6.07, 6.45) is 2.32. The number of nitrogens with zero attached hydrogens (tertiary/aromatic N) is 2. The monoisotopic (exact) mass is 200 g/mol. The summed E-state index contributed by atoms with van der Waals surface area (Å²) < 4.78 is 0. The molecule has 0 spiro atoms. The van der Waals surface area contributed by atoms with Gasteiger partial charge in [-0.25, -0.2) is 4.99 Å². The molecule has 6 heteroatoms. The van der Waals surface area contributed by atoms with Gasteiger partial charge in [0.05, 0.1) is 19.0 Å². The maximum absolute atomic E-state index is 10.7. The third kappa shape index (κ3) is 7.38. The van der Waals surface area contributed by atoms with E-state index < -0.39 is 0 Å². The molecule has 0 aromatic carbocycles. The zero-order chi connectivity index (χ0) is 10.8. The number of hydrogen-bond acceptors (Lipinski definition) is 4. The molecule has 0 saturated carbocycles. The molecule has 3 N–H and O–H groups in total. The van der Waals surface area contributed by atoms with E-state index in [2.05, 4.69) is 20.6 Å². The van der Waals surface area contributed by atoms with E-state index >= 15 is 0 Å². The van der Waals surface area contributed by atoms with Crippen LogP contribution >= 0.6 is 0 Å². The first-order chi connectivity index (χ1) is 6.70. The number of aliphatic imine (C=N–C) groups is 2. The summed E-state index contributed by atoms with van der Waals surface area (Å²) in [6.45, 7) is 2.38. The van der Waals surface area contributed by atoms with Crippen LogP contribution in [-0.4, -0.2) is 49.9 Å². The minimum atomic E-state index is -0.271. The average molecular weight is 200 g/mol. The highest BCUT2D eigenvalue weighted by molar-refractivity contribution is 6.27. The van der Waals surface area contributed by atoms with Crippen molar-refractivity contribution in [3.63, 3.8) is 0 Å². The maximum Gasteiger partial charge on any atom is 0.262 e. The summed E-state index contributed by atoms with van der Waals surface area (Å²) in [7, 11) is 1.52. The molecule has 0 fully saturated rings. The van der Waals surface area contributed by atoms with Crippen LogP contribution in [0.4, 0.5) is 0 Å². The topological polar surface area (TPSA) is 86.1 Å². The van der Waals surface area contributed by atoms with Gasteiger partial charge < -0.3 is 10.4 Å². The standard InChI is InChI=1S/C8H16N4O2/c1-7(11-3-4-13)12-6-10-5-8(14)9-2/h5-7,11,13H,3-4H2,1-2H3,(H,9,14). The van der Waals surface area contributed by atoms with Crippen LogP contribution in [0.25, 0.3) is 0 Å². The van der Waals surface area contributed by atoms with Gasteiger partial charge in [-0.2, -0.15) is 0 Å². The van der Waals surface area contributed by atoms with Crippen molar-refractivity contribution in [3.05, 3.63) is 0 Å². The van der Waals surface area contributed by atoms with Crippen LogP contribution in [0.15, 0.2) is 9.98 Å². The smallest absolute Gasteiger partial charge is 0.262 e. The van der Waals surface area contributed by atoms with E-state index in [4.69, 9.17) is 5.11 Å². The van der Waals surface area contributed by atoms with E-state index in [0.717, 1.165) is 6.21 Å². The second kappa shape index (κ2) is 8.33. The number of hydrogen-bond donors (Lipinski definition) is 3. The quantitative estimate of drug-likeness (QED) is 0.370. The molecule has 0 bridgehead atoms. The Kier molecular flexibility index (Phi) is 7.58. The van der Waals surface area contributed by atoms with E-state index in [1.165, 1.54) is 13.4 Å². The van der Waals surface area contributed by atoms with Gasteiger partial charge >= 0.3 is 0 Å². The molecule has 0 aromatic heterocycles. The molecule has 80 valence electrons. The molecule has 0 radical (unpaired) electrons. The Bertz CT molecular complexity index is 215. The fourth-order valence-corrected chi connectivity index (χ4v) is 0.630. The van der Waals surface area contributed by atoms with E-state index in [1.807, 2.05) is 6.92 Å². The second-order valence-electron chi connectivity index (χ2n) is 2.51. The molecule has 14 heavy (non-hydrogen) atoms. The van der Waals surface area contributed by atoms with Crippen molar-refractivity contribution in [2.45, 2.75) is 13.1 Å². The molecule has 0 aliphatic carbocycles. The molecule has 1 unspecified atom stereocenters. The predicted octanol–water partition coefficient (Wildman–Crippen LogP) is -1.24. The number of carbonyl (C=O) groups excluding carboxylic acids is 1. The summed E-state index contributed by atoms with van der Waals surface area (Å²) in [4.78, 5) is 18.3. The summed E-state index contributed by atoms with van der Waals surface area (Å²) in [6, 6.07) is 0. The van der Waals surface area contributed by atoms with Gasteiger partial charge in [0.2, 0.25) is 0 Å². The Hall–Kier alpha value is -1.27. The lowest BCUT2D eigenvalue weighted by Gasteiger charge is -2.05. The highest BCUT2D eigenvalue weighted by atomic mass is 16.3. The molecule has 0 aliphatic heterocycles. The van der Waals surface area contributed by atoms with Crippen LogP contribution in [0.3, 0.4) is 0 Å². The molecular weight excluding hydrogens is 184 g/mol. The number of rotatable bonds is 6. The Morgan fingerprint density at radius 3 is 2.93 bits per heavy atom. The predicted molar refractivity (Wildman–Crippen MR) is 55.6 cm³/mol. The minimum Gasteiger partial charge on any atom is -0.395 e. The molecule has 0 saturated heterocycles. The maximum atomic E-state index is 10.7. The zero-order valence-electron chi connectivity index (χ0n) is 8.40. The molecule has 1 atom stereocenters. The first kappa shape index (κ1) is 12.7. The second-order valence-corrected chi connectivity index (χ2v) is 2.51. The first-order valence-corrected chi connectivity index (χ1v) is 4.31. The van der Waals surface area contributed by atoms with E-state index in [0.29, 0.717) is 6.54 Å². The molecule has 6 nitrogen and oxygen atoms in total. The largest absolute Gasteiger partial charge is 0.395 e. The summed E-state index contributed by atoms with van der Waals surface area (Å²) in [5.41, 5.74) is 0. The summed E-state index contributed by atoms with van der Waals surface area (Å²) >= 11 is 0. The molecule has 0 rings (SSSR count). The van der Waals surface area contributed by atoms with Crippen molar-refractivity contribution in [2.24, 2.45) is 9.98 Å². The lowest BCUT2D eigenvalue weighted by atomic mass is 10.5. The Morgan fingerprint density at radius 1 is 1.64 bits per heavy atom. The van der Waals surface area contributed by atoms with E-state index in [-0.39, 0.29) is 18.7 Å². The van der Waals surface area contributed by atoms with Gasteiger partial charge in [-0.15, -0.1) is 0 Å². The minimum absolute atomic E-state index is 0.0708. The Morgan fingerprint density at radius 2 is 2.36 bits per heavy atom. The fraction of sp³-hybridized carbons (Fsp3) is 0.625. The van der Waals surface area contributed by atoms with Crippen LogP contribution in [-0.2, 0) is 4.79 Å². The third-order valence-electron chi connectivity index (χ3n) is 1.35. The van der Waals surface area contributed by atoms with Crippen LogP contribution in [0.5, 0.6) is 0 Å². The van der Waals surface area contributed by atoms with Gasteiger partial charge in [0.25, 0.3) is 5.91 Å². The van der Waals surface area contributed by atoms with Gasteiger partial charge in [-0.05, 0) is 6.92 Å². The van der Waals surface area contributed by atoms with Crippen molar-refractivity contribution < 1.29 is 9.90 Å². The van der Waals surface area contributed by atoms with Crippen LogP contribution in [0.1, 0.15) is 6.92 Å². The summed E-state index contributed by atoms with van der Waals surface area (Å²) in [5, 5.41) is 13.8. The Labute approximate surface area is 83.1 Å². The number of carbonyl (C=O) groups is 1. The first-order valence-electron chi connectivity index (χ1n) is 4.31. The van der Waals surface area contributed by atoms with Gasteiger partial charge in [0, 0.05) is 13.6 Å². The van der Waals surface area contributed by atoms with Crippen LogP contribution < -0.4 is 10.6 Å². The van der Waals surface area contributed by atoms with Crippen LogP contribution in [0, 0.1) is 0 Å². The van der Waals surface area contributed by atoms with Crippen molar-refractivity contribution >= 4 is 18.5 Å². The molecule has 1 amide bonds. The lowest BCUT2D eigenvalue weighted by molar-refractivity contribution is -0.113. The van der Waals surface area contributed by atoms with Crippen molar-refractivity contribution in [1.29, 1.82) is 0 Å². The zero-order valence-corrected chi connectivity index (χ0v) is 8.40. The van der Waals surface area contributed by atoms with Crippen molar-refractivity contribution in [2.75, 3.05) is 20.2 Å². The number of aliphatic hydroxyl groups is 1. The fourth-order valence-electron chi connectivity index (χ4n) is 0.630. The van der Waals surface area contributed by atoms with Gasteiger partial charge in [0.1, 0.15) is 6.34 Å². The van der Waals surface area contributed by atoms with E-state index in [1.54, 1.807) is 0 Å². The molecule has 0 aromatic rings. The van der Waals surface area contributed by atoms with Crippen molar-refractivity contribution in [3.8, 4) is 0 Å². The normalized spacial score (nSPS) is 13.6.